The number of benzene rings is 2. The van der Waals surface area contributed by atoms with Crippen LogP contribution < -0.4 is 9.62 Å². The SMILES string of the molecule is CC[C@H](NC(=O)c1ccc(N(CC)S(=O)(=O)CC)cc1)c1ccc(C)cc1C. The number of anilines is 1. The molecule has 0 unspecified atom stereocenters. The third kappa shape index (κ3) is 4.93. The zero-order valence-corrected chi connectivity index (χ0v) is 18.1. The minimum absolute atomic E-state index is 0.0388. The van der Waals surface area contributed by atoms with Gasteiger partial charge >= 0.3 is 0 Å². The highest BCUT2D eigenvalue weighted by Gasteiger charge is 2.20. The molecular formula is C22H30N2O3S. The van der Waals surface area contributed by atoms with Crippen LogP contribution >= 0.6 is 0 Å². The van der Waals surface area contributed by atoms with E-state index >= 15 is 0 Å². The fourth-order valence-electron chi connectivity index (χ4n) is 3.33. The Morgan fingerprint density at radius 2 is 1.68 bits per heavy atom. The standard InChI is InChI=1S/C22H30N2O3S/c1-6-21(20-14-9-16(4)15-17(20)5)23-22(25)18-10-12-19(13-11-18)24(7-2)28(26,27)8-3/h9-15,21H,6-8H2,1-5H3,(H,23,25)/t21-/m0/s1. The van der Waals surface area contributed by atoms with E-state index in [1.165, 1.54) is 9.87 Å². The van der Waals surface area contributed by atoms with Gasteiger partial charge in [0.15, 0.2) is 0 Å². The molecule has 6 heteroatoms. The number of nitrogens with one attached hydrogen (secondary N) is 1. The van der Waals surface area contributed by atoms with Crippen molar-refractivity contribution in [1.82, 2.24) is 5.32 Å². The molecule has 1 amide bonds. The Morgan fingerprint density at radius 3 is 2.18 bits per heavy atom. The first kappa shape index (κ1) is 22.0. The molecular weight excluding hydrogens is 372 g/mol. The number of aryl methyl sites for hydroxylation is 2. The minimum atomic E-state index is -3.33. The molecule has 152 valence electrons. The van der Waals surface area contributed by atoms with Gasteiger partial charge in [0, 0.05) is 12.1 Å². The van der Waals surface area contributed by atoms with E-state index in [-0.39, 0.29) is 17.7 Å². The molecule has 0 saturated carbocycles. The predicted molar refractivity (Wildman–Crippen MR) is 115 cm³/mol. The first-order valence-corrected chi connectivity index (χ1v) is 11.3. The summed E-state index contributed by atoms with van der Waals surface area (Å²) in [4.78, 5) is 12.7. The molecule has 0 aromatic heterocycles. The lowest BCUT2D eigenvalue weighted by molar-refractivity contribution is 0.0935. The number of carbonyl (C=O) groups is 1. The van der Waals surface area contributed by atoms with Gasteiger partial charge in [0.2, 0.25) is 10.0 Å². The molecule has 1 atom stereocenters. The summed E-state index contributed by atoms with van der Waals surface area (Å²) >= 11 is 0. The maximum atomic E-state index is 12.7. The Kier molecular flexibility index (Phi) is 7.24. The maximum absolute atomic E-state index is 12.7. The molecule has 2 aromatic carbocycles. The van der Waals surface area contributed by atoms with Gasteiger partial charge in [-0.3, -0.25) is 9.10 Å². The molecule has 28 heavy (non-hydrogen) atoms. The van der Waals surface area contributed by atoms with Gasteiger partial charge in [0.05, 0.1) is 17.5 Å². The van der Waals surface area contributed by atoms with Crippen LogP contribution in [0.25, 0.3) is 0 Å². The van der Waals surface area contributed by atoms with Crippen molar-refractivity contribution in [2.75, 3.05) is 16.6 Å². The van der Waals surface area contributed by atoms with Gasteiger partial charge in [0.1, 0.15) is 0 Å². The van der Waals surface area contributed by atoms with Gasteiger partial charge < -0.3 is 5.32 Å². The number of rotatable bonds is 8. The molecule has 0 aliphatic carbocycles. The third-order valence-electron chi connectivity index (χ3n) is 4.92. The first-order valence-electron chi connectivity index (χ1n) is 9.71. The van der Waals surface area contributed by atoms with Crippen molar-refractivity contribution in [2.45, 2.75) is 47.1 Å². The monoisotopic (exact) mass is 402 g/mol. The van der Waals surface area contributed by atoms with E-state index in [9.17, 15) is 13.2 Å². The Labute approximate surface area is 168 Å². The van der Waals surface area contributed by atoms with E-state index in [2.05, 4.69) is 37.4 Å². The van der Waals surface area contributed by atoms with E-state index in [1.54, 1.807) is 38.1 Å². The number of amides is 1. The maximum Gasteiger partial charge on any atom is 0.251 e. The third-order valence-corrected chi connectivity index (χ3v) is 6.79. The summed E-state index contributed by atoms with van der Waals surface area (Å²) in [6.45, 7) is 9.92. The number of hydrogen-bond donors (Lipinski definition) is 1. The van der Waals surface area contributed by atoms with E-state index in [0.717, 1.165) is 17.5 Å². The Bertz CT molecular complexity index is 921. The first-order chi connectivity index (χ1) is 13.2. The van der Waals surface area contributed by atoms with Crippen LogP contribution in [-0.2, 0) is 10.0 Å². The number of sulfonamides is 1. The van der Waals surface area contributed by atoms with Crippen LogP contribution in [0, 0.1) is 13.8 Å². The lowest BCUT2D eigenvalue weighted by Crippen LogP contribution is -2.32. The second-order valence-corrected chi connectivity index (χ2v) is 9.09. The summed E-state index contributed by atoms with van der Waals surface area (Å²) in [6.07, 6.45) is 0.784. The topological polar surface area (TPSA) is 66.5 Å². The Morgan fingerprint density at radius 1 is 1.04 bits per heavy atom. The molecule has 0 spiro atoms. The second kappa shape index (κ2) is 9.24. The average molecular weight is 403 g/mol. The molecule has 0 aliphatic heterocycles. The van der Waals surface area contributed by atoms with Crippen LogP contribution in [0.4, 0.5) is 5.69 Å². The zero-order valence-electron chi connectivity index (χ0n) is 17.3. The van der Waals surface area contributed by atoms with E-state index < -0.39 is 10.0 Å². The van der Waals surface area contributed by atoms with Crippen molar-refractivity contribution < 1.29 is 13.2 Å². The molecule has 0 aliphatic rings. The fraction of sp³-hybridized carbons (Fsp3) is 0.409. The largest absolute Gasteiger partial charge is 0.345 e. The molecule has 0 heterocycles. The van der Waals surface area contributed by atoms with Crippen LogP contribution in [0.3, 0.4) is 0 Å². The van der Waals surface area contributed by atoms with Crippen molar-refractivity contribution in [1.29, 1.82) is 0 Å². The molecule has 0 radical (unpaired) electrons. The molecule has 0 fully saturated rings. The average Bonchev–Trinajstić information content (AvgIpc) is 2.67. The summed E-state index contributed by atoms with van der Waals surface area (Å²) in [5.41, 5.74) is 4.55. The van der Waals surface area contributed by atoms with Gasteiger partial charge in [-0.25, -0.2) is 8.42 Å². The van der Waals surface area contributed by atoms with Crippen molar-refractivity contribution >= 4 is 21.6 Å². The van der Waals surface area contributed by atoms with Gasteiger partial charge in [0.25, 0.3) is 5.91 Å². The summed E-state index contributed by atoms with van der Waals surface area (Å²) < 4.78 is 25.7. The van der Waals surface area contributed by atoms with E-state index in [0.29, 0.717) is 17.8 Å². The lowest BCUT2D eigenvalue weighted by Gasteiger charge is -2.23. The normalized spacial score (nSPS) is 12.5. The molecule has 5 nitrogen and oxygen atoms in total. The quantitative estimate of drug-likeness (QED) is 0.713. The number of nitrogens with zero attached hydrogens (tertiary/aromatic N) is 1. The van der Waals surface area contributed by atoms with Crippen molar-refractivity contribution in [2.24, 2.45) is 0 Å². The van der Waals surface area contributed by atoms with Gasteiger partial charge in [-0.05, 0) is 69.5 Å². The van der Waals surface area contributed by atoms with Crippen molar-refractivity contribution in [3.8, 4) is 0 Å². The van der Waals surface area contributed by atoms with Crippen LogP contribution in [-0.4, -0.2) is 26.6 Å². The summed E-state index contributed by atoms with van der Waals surface area (Å²) in [6, 6.07) is 12.9. The number of carbonyl (C=O) groups excluding carboxylic acids is 1. The fourth-order valence-corrected chi connectivity index (χ4v) is 4.48. The van der Waals surface area contributed by atoms with Gasteiger partial charge in [-0.2, -0.15) is 0 Å². The Hall–Kier alpha value is -2.34. The van der Waals surface area contributed by atoms with E-state index in [1.807, 2.05) is 6.92 Å². The van der Waals surface area contributed by atoms with Gasteiger partial charge in [-0.1, -0.05) is 30.7 Å². The van der Waals surface area contributed by atoms with Gasteiger partial charge in [-0.15, -0.1) is 0 Å². The van der Waals surface area contributed by atoms with Crippen LogP contribution in [0.5, 0.6) is 0 Å². The zero-order chi connectivity index (χ0) is 20.9. The van der Waals surface area contributed by atoms with Crippen molar-refractivity contribution in [3.63, 3.8) is 0 Å². The molecule has 0 bridgehead atoms. The molecule has 0 saturated heterocycles. The summed E-state index contributed by atoms with van der Waals surface area (Å²) in [7, 11) is -3.33. The predicted octanol–water partition coefficient (Wildman–Crippen LogP) is 4.36. The van der Waals surface area contributed by atoms with Crippen LogP contribution in [0.1, 0.15) is 60.3 Å². The van der Waals surface area contributed by atoms with Crippen LogP contribution in [0.15, 0.2) is 42.5 Å². The highest BCUT2D eigenvalue weighted by atomic mass is 32.2. The summed E-state index contributed by atoms with van der Waals surface area (Å²) in [5, 5.41) is 3.09. The molecule has 1 N–H and O–H groups in total. The molecule has 2 rings (SSSR count). The number of hydrogen-bond acceptors (Lipinski definition) is 3. The molecule has 2 aromatic rings. The minimum Gasteiger partial charge on any atom is -0.345 e. The Balaban J connectivity index is 2.20. The smallest absolute Gasteiger partial charge is 0.251 e. The second-order valence-electron chi connectivity index (χ2n) is 6.91. The van der Waals surface area contributed by atoms with E-state index in [4.69, 9.17) is 0 Å². The highest BCUT2D eigenvalue weighted by molar-refractivity contribution is 7.92. The lowest BCUT2D eigenvalue weighted by atomic mass is 9.97. The van der Waals surface area contributed by atoms with Crippen LogP contribution in [0.2, 0.25) is 0 Å². The highest BCUT2D eigenvalue weighted by Crippen LogP contribution is 2.23. The summed E-state index contributed by atoms with van der Waals surface area (Å²) in [5.74, 6) is -0.128. The van der Waals surface area contributed by atoms with Crippen molar-refractivity contribution in [3.05, 3.63) is 64.7 Å².